The summed E-state index contributed by atoms with van der Waals surface area (Å²) in [6.07, 6.45) is 1.46. The Hall–Kier alpha value is -1.62. The van der Waals surface area contributed by atoms with Gasteiger partial charge < -0.3 is 14.7 Å². The van der Waals surface area contributed by atoms with Crippen LogP contribution in [0.3, 0.4) is 0 Å². The van der Waals surface area contributed by atoms with Gasteiger partial charge in [0.2, 0.25) is 0 Å². The highest BCUT2D eigenvalue weighted by Crippen LogP contribution is 2.29. The van der Waals surface area contributed by atoms with Crippen molar-refractivity contribution in [2.24, 2.45) is 5.92 Å². The Bertz CT molecular complexity index is 516. The number of piperidine rings is 1. The number of benzene rings is 1. The fourth-order valence-electron chi connectivity index (χ4n) is 2.81. The molecule has 1 aromatic rings. The smallest absolute Gasteiger partial charge is 0.410 e. The van der Waals surface area contributed by atoms with Crippen LogP contribution < -0.4 is 0 Å². The molecular formula is C18H26FNO3. The highest BCUT2D eigenvalue weighted by Gasteiger charge is 2.28. The molecule has 1 aliphatic heterocycles. The maximum atomic E-state index is 12.9. The summed E-state index contributed by atoms with van der Waals surface area (Å²) >= 11 is 0. The number of carbonyl (C=O) groups is 1. The molecule has 1 aromatic carbocycles. The minimum atomic E-state index is -0.589. The van der Waals surface area contributed by atoms with E-state index in [0.717, 1.165) is 18.4 Å². The Morgan fingerprint density at radius 2 is 1.87 bits per heavy atom. The van der Waals surface area contributed by atoms with E-state index in [9.17, 15) is 14.3 Å². The molecule has 1 N–H and O–H groups in total. The molecule has 0 aliphatic carbocycles. The van der Waals surface area contributed by atoms with Gasteiger partial charge in [-0.2, -0.15) is 0 Å². The lowest BCUT2D eigenvalue weighted by atomic mass is 9.89. The number of ether oxygens (including phenoxy) is 1. The van der Waals surface area contributed by atoms with E-state index < -0.39 is 11.7 Å². The molecule has 2 rings (SSSR count). The number of halogens is 1. The zero-order valence-electron chi connectivity index (χ0n) is 14.1. The largest absolute Gasteiger partial charge is 0.444 e. The molecule has 1 fully saturated rings. The van der Waals surface area contributed by atoms with Crippen LogP contribution in [0, 0.1) is 11.7 Å². The first-order chi connectivity index (χ1) is 10.7. The molecule has 0 radical (unpaired) electrons. The van der Waals surface area contributed by atoms with E-state index in [1.807, 2.05) is 20.8 Å². The van der Waals surface area contributed by atoms with Gasteiger partial charge in [0.05, 0.1) is 6.10 Å². The number of rotatable bonds is 3. The van der Waals surface area contributed by atoms with Crippen LogP contribution in [0.4, 0.5) is 9.18 Å². The summed E-state index contributed by atoms with van der Waals surface area (Å²) < 4.78 is 18.3. The molecular weight excluding hydrogens is 297 g/mol. The first-order valence-electron chi connectivity index (χ1n) is 8.16. The fourth-order valence-corrected chi connectivity index (χ4v) is 2.81. The van der Waals surface area contributed by atoms with Gasteiger partial charge in [0, 0.05) is 13.1 Å². The van der Waals surface area contributed by atoms with E-state index in [1.165, 1.54) is 12.1 Å². The molecule has 0 aromatic heterocycles. The quantitative estimate of drug-likeness (QED) is 0.918. The number of aliphatic hydroxyl groups excluding tert-OH is 1. The van der Waals surface area contributed by atoms with Crippen LogP contribution in [0.1, 0.15) is 51.7 Å². The van der Waals surface area contributed by atoms with E-state index in [-0.39, 0.29) is 11.9 Å². The average molecular weight is 323 g/mol. The minimum absolute atomic E-state index is 0.268. The summed E-state index contributed by atoms with van der Waals surface area (Å²) in [4.78, 5) is 13.7. The van der Waals surface area contributed by atoms with E-state index >= 15 is 0 Å². The second kappa shape index (κ2) is 7.30. The summed E-state index contributed by atoms with van der Waals surface area (Å²) in [5.41, 5.74) is 0.258. The van der Waals surface area contributed by atoms with Crippen LogP contribution in [-0.4, -0.2) is 34.8 Å². The molecule has 128 valence electrons. The highest BCUT2D eigenvalue weighted by molar-refractivity contribution is 5.68. The van der Waals surface area contributed by atoms with Crippen LogP contribution in [0.5, 0.6) is 0 Å². The van der Waals surface area contributed by atoms with Crippen LogP contribution in [0.2, 0.25) is 0 Å². The monoisotopic (exact) mass is 323 g/mol. The number of aliphatic hydroxyl groups is 1. The van der Waals surface area contributed by atoms with Gasteiger partial charge in [-0.3, -0.25) is 0 Å². The Labute approximate surface area is 137 Å². The second-order valence-electron chi connectivity index (χ2n) is 7.21. The molecule has 1 amide bonds. The summed E-state index contributed by atoms with van der Waals surface area (Å²) in [7, 11) is 0. The molecule has 0 bridgehead atoms. The van der Waals surface area contributed by atoms with E-state index in [0.29, 0.717) is 25.4 Å². The normalized spacial score (nSPS) is 17.9. The molecule has 1 atom stereocenters. The van der Waals surface area contributed by atoms with Crippen LogP contribution >= 0.6 is 0 Å². The number of nitrogens with zero attached hydrogens (tertiary/aromatic N) is 1. The van der Waals surface area contributed by atoms with Gasteiger partial charge in [-0.15, -0.1) is 0 Å². The number of hydrogen-bond acceptors (Lipinski definition) is 3. The molecule has 1 saturated heterocycles. The lowest BCUT2D eigenvalue weighted by Gasteiger charge is -2.34. The Balaban J connectivity index is 1.80. The summed E-state index contributed by atoms with van der Waals surface area (Å²) in [6, 6.07) is 5.97. The molecule has 4 nitrogen and oxygen atoms in total. The van der Waals surface area contributed by atoms with Gasteiger partial charge in [0.15, 0.2) is 0 Å². The highest BCUT2D eigenvalue weighted by atomic mass is 19.1. The summed E-state index contributed by atoms with van der Waals surface area (Å²) in [5, 5.41) is 10.3. The molecule has 5 heteroatoms. The minimum Gasteiger partial charge on any atom is -0.444 e. The Morgan fingerprint density at radius 1 is 1.30 bits per heavy atom. The average Bonchev–Trinajstić information content (AvgIpc) is 2.46. The standard InChI is InChI=1S/C18H26FNO3/c1-18(2,3)23-17(22)20-10-8-13(9-11-20)12-16(21)14-4-6-15(19)7-5-14/h4-7,13,16,21H,8-12H2,1-3H3/t16-/m1/s1. The van der Waals surface area contributed by atoms with E-state index in [1.54, 1.807) is 17.0 Å². The van der Waals surface area contributed by atoms with Crippen molar-refractivity contribution >= 4 is 6.09 Å². The SMILES string of the molecule is CC(C)(C)OC(=O)N1CCC(C[C@@H](O)c2ccc(F)cc2)CC1. The second-order valence-corrected chi connectivity index (χ2v) is 7.21. The van der Waals surface area contributed by atoms with Crippen molar-refractivity contribution < 1.29 is 19.0 Å². The van der Waals surface area contributed by atoms with Crippen molar-refractivity contribution in [2.75, 3.05) is 13.1 Å². The van der Waals surface area contributed by atoms with Crippen molar-refractivity contribution in [2.45, 2.75) is 51.7 Å². The number of amides is 1. The number of carbonyl (C=O) groups excluding carboxylic acids is 1. The zero-order chi connectivity index (χ0) is 17.0. The lowest BCUT2D eigenvalue weighted by molar-refractivity contribution is 0.0161. The van der Waals surface area contributed by atoms with Gasteiger partial charge in [-0.05, 0) is 63.6 Å². The predicted octanol–water partition coefficient (Wildman–Crippen LogP) is 3.90. The molecule has 0 spiro atoms. The van der Waals surface area contributed by atoms with Gasteiger partial charge in [0.25, 0.3) is 0 Å². The molecule has 0 unspecified atom stereocenters. The van der Waals surface area contributed by atoms with Crippen LogP contribution in [-0.2, 0) is 4.74 Å². The predicted molar refractivity (Wildman–Crippen MR) is 86.5 cm³/mol. The molecule has 23 heavy (non-hydrogen) atoms. The van der Waals surface area contributed by atoms with Gasteiger partial charge in [0.1, 0.15) is 11.4 Å². The van der Waals surface area contributed by atoms with Crippen molar-refractivity contribution in [3.05, 3.63) is 35.6 Å². The molecule has 0 saturated carbocycles. The lowest BCUT2D eigenvalue weighted by Crippen LogP contribution is -2.41. The van der Waals surface area contributed by atoms with E-state index in [4.69, 9.17) is 4.74 Å². The Morgan fingerprint density at radius 3 is 2.39 bits per heavy atom. The third-order valence-electron chi connectivity index (χ3n) is 4.08. The summed E-state index contributed by atoms with van der Waals surface area (Å²) in [6.45, 7) is 6.87. The zero-order valence-corrected chi connectivity index (χ0v) is 14.1. The fraction of sp³-hybridized carbons (Fsp3) is 0.611. The van der Waals surface area contributed by atoms with Crippen LogP contribution in [0.25, 0.3) is 0 Å². The van der Waals surface area contributed by atoms with Crippen molar-refractivity contribution in [1.29, 1.82) is 0 Å². The number of likely N-dealkylation sites (tertiary alicyclic amines) is 1. The van der Waals surface area contributed by atoms with Gasteiger partial charge in [-0.25, -0.2) is 9.18 Å². The maximum Gasteiger partial charge on any atom is 0.410 e. The van der Waals surface area contributed by atoms with Gasteiger partial charge >= 0.3 is 6.09 Å². The van der Waals surface area contributed by atoms with Crippen molar-refractivity contribution in [3.8, 4) is 0 Å². The maximum absolute atomic E-state index is 12.9. The molecule has 1 heterocycles. The van der Waals surface area contributed by atoms with Gasteiger partial charge in [-0.1, -0.05) is 12.1 Å². The van der Waals surface area contributed by atoms with Crippen LogP contribution in [0.15, 0.2) is 24.3 Å². The first kappa shape index (κ1) is 17.7. The van der Waals surface area contributed by atoms with E-state index in [2.05, 4.69) is 0 Å². The molecule has 1 aliphatic rings. The number of hydrogen-bond donors (Lipinski definition) is 1. The Kier molecular flexibility index (Phi) is 5.63. The van der Waals surface area contributed by atoms with Crippen molar-refractivity contribution in [3.63, 3.8) is 0 Å². The third-order valence-corrected chi connectivity index (χ3v) is 4.08. The third kappa shape index (κ3) is 5.50. The topological polar surface area (TPSA) is 49.8 Å². The first-order valence-corrected chi connectivity index (χ1v) is 8.16. The summed E-state index contributed by atoms with van der Waals surface area (Å²) in [5.74, 6) is 0.0559. The van der Waals surface area contributed by atoms with Crippen molar-refractivity contribution in [1.82, 2.24) is 4.90 Å².